The first-order chi connectivity index (χ1) is 11.3. The molecule has 5 heteroatoms. The minimum absolute atomic E-state index is 0.0850. The van der Waals surface area contributed by atoms with Crippen molar-refractivity contribution in [1.82, 2.24) is 4.98 Å². The van der Waals surface area contributed by atoms with Crippen LogP contribution in [0.1, 0.15) is 48.6 Å². The number of aliphatic imine (C=N–C) groups is 1. The van der Waals surface area contributed by atoms with Gasteiger partial charge in [0, 0.05) is 22.6 Å². The van der Waals surface area contributed by atoms with Gasteiger partial charge >= 0.3 is 0 Å². The van der Waals surface area contributed by atoms with Gasteiger partial charge in [0.2, 0.25) is 0 Å². The van der Waals surface area contributed by atoms with Crippen molar-refractivity contribution in [1.29, 1.82) is 0 Å². The first-order valence-electron chi connectivity index (χ1n) is 8.20. The number of aromatic nitrogens is 1. The maximum atomic E-state index is 12.7. The molecule has 0 aromatic carbocycles. The topological polar surface area (TPSA) is 54.4 Å². The molecule has 0 radical (unpaired) electrons. The van der Waals surface area contributed by atoms with Crippen LogP contribution in [0.2, 0.25) is 0 Å². The van der Waals surface area contributed by atoms with E-state index in [1.54, 1.807) is 17.5 Å². The SMILES string of the molecule is O=C1Nc2ncccc2C(C2CCCCC2)=NC1c1cccs1. The van der Waals surface area contributed by atoms with Gasteiger partial charge in [0.15, 0.2) is 6.04 Å². The van der Waals surface area contributed by atoms with Crippen LogP contribution in [0, 0.1) is 5.92 Å². The molecule has 1 unspecified atom stereocenters. The molecule has 0 saturated heterocycles. The molecule has 1 amide bonds. The standard InChI is InChI=1S/C18H19N3OS/c22-18-16(14-9-5-11-23-14)20-15(12-6-2-1-3-7-12)13-8-4-10-19-17(13)21-18/h4-5,8-12,16H,1-3,6-7H2,(H,19,21,22). The molecule has 1 N–H and O–H groups in total. The molecule has 4 rings (SSSR count). The Kier molecular flexibility index (Phi) is 3.95. The van der Waals surface area contributed by atoms with Gasteiger partial charge in [0.1, 0.15) is 5.82 Å². The lowest BCUT2D eigenvalue weighted by atomic mass is 9.83. The van der Waals surface area contributed by atoms with E-state index < -0.39 is 6.04 Å². The average molecular weight is 325 g/mol. The summed E-state index contributed by atoms with van der Waals surface area (Å²) in [5, 5.41) is 4.97. The van der Waals surface area contributed by atoms with Crippen LogP contribution in [0.25, 0.3) is 0 Å². The number of nitrogens with zero attached hydrogens (tertiary/aromatic N) is 2. The van der Waals surface area contributed by atoms with Crippen molar-refractivity contribution in [2.45, 2.75) is 38.1 Å². The van der Waals surface area contributed by atoms with E-state index in [9.17, 15) is 4.79 Å². The monoisotopic (exact) mass is 325 g/mol. The minimum atomic E-state index is -0.457. The van der Waals surface area contributed by atoms with Crippen molar-refractivity contribution < 1.29 is 4.79 Å². The van der Waals surface area contributed by atoms with Crippen LogP contribution < -0.4 is 5.32 Å². The van der Waals surface area contributed by atoms with Crippen LogP contribution in [-0.4, -0.2) is 16.6 Å². The van der Waals surface area contributed by atoms with Crippen LogP contribution in [0.3, 0.4) is 0 Å². The molecule has 0 bridgehead atoms. The van der Waals surface area contributed by atoms with Crippen molar-refractivity contribution in [2.75, 3.05) is 5.32 Å². The molecule has 1 aliphatic heterocycles. The zero-order valence-electron chi connectivity index (χ0n) is 12.9. The average Bonchev–Trinajstić information content (AvgIpc) is 3.07. The maximum absolute atomic E-state index is 12.7. The lowest BCUT2D eigenvalue weighted by Gasteiger charge is -2.24. The van der Waals surface area contributed by atoms with E-state index in [4.69, 9.17) is 4.99 Å². The summed E-state index contributed by atoms with van der Waals surface area (Å²) in [5.41, 5.74) is 2.05. The third-order valence-electron chi connectivity index (χ3n) is 4.65. The highest BCUT2D eigenvalue weighted by molar-refractivity contribution is 7.10. The second-order valence-electron chi connectivity index (χ2n) is 6.16. The largest absolute Gasteiger partial charge is 0.308 e. The first-order valence-corrected chi connectivity index (χ1v) is 9.08. The molecule has 1 aliphatic carbocycles. The zero-order valence-corrected chi connectivity index (χ0v) is 13.7. The van der Waals surface area contributed by atoms with Gasteiger partial charge in [-0.25, -0.2) is 4.98 Å². The molecule has 0 spiro atoms. The number of pyridine rings is 1. The minimum Gasteiger partial charge on any atom is -0.308 e. The molecular weight excluding hydrogens is 306 g/mol. The molecule has 23 heavy (non-hydrogen) atoms. The molecular formula is C18H19N3OS. The lowest BCUT2D eigenvalue weighted by molar-refractivity contribution is -0.117. The smallest absolute Gasteiger partial charge is 0.255 e. The number of anilines is 1. The third-order valence-corrected chi connectivity index (χ3v) is 5.57. The zero-order chi connectivity index (χ0) is 15.6. The van der Waals surface area contributed by atoms with Crippen molar-refractivity contribution in [3.8, 4) is 0 Å². The number of amides is 1. The van der Waals surface area contributed by atoms with Crippen LogP contribution in [0.5, 0.6) is 0 Å². The highest BCUT2D eigenvalue weighted by Gasteiger charge is 2.31. The van der Waals surface area contributed by atoms with Crippen molar-refractivity contribution in [2.24, 2.45) is 10.9 Å². The van der Waals surface area contributed by atoms with E-state index in [0.717, 1.165) is 29.0 Å². The number of rotatable bonds is 2. The maximum Gasteiger partial charge on any atom is 0.255 e. The number of nitrogens with one attached hydrogen (secondary N) is 1. The summed E-state index contributed by atoms with van der Waals surface area (Å²) < 4.78 is 0. The van der Waals surface area contributed by atoms with Gasteiger partial charge in [-0.3, -0.25) is 9.79 Å². The van der Waals surface area contributed by atoms with E-state index >= 15 is 0 Å². The van der Waals surface area contributed by atoms with Gasteiger partial charge in [-0.2, -0.15) is 0 Å². The quantitative estimate of drug-likeness (QED) is 0.899. The third kappa shape index (κ3) is 2.81. The Hall–Kier alpha value is -2.01. The number of carbonyl (C=O) groups excluding carboxylic acids is 1. The predicted octanol–water partition coefficient (Wildman–Crippen LogP) is 4.21. The second kappa shape index (κ2) is 6.24. The molecule has 1 fully saturated rings. The van der Waals surface area contributed by atoms with Crippen molar-refractivity contribution in [3.05, 3.63) is 46.3 Å². The Morgan fingerprint density at radius 1 is 1.13 bits per heavy atom. The van der Waals surface area contributed by atoms with E-state index in [-0.39, 0.29) is 5.91 Å². The van der Waals surface area contributed by atoms with Gasteiger partial charge in [0.25, 0.3) is 5.91 Å². The molecule has 2 aromatic heterocycles. The van der Waals surface area contributed by atoms with Gasteiger partial charge < -0.3 is 5.32 Å². The highest BCUT2D eigenvalue weighted by atomic mass is 32.1. The molecule has 1 saturated carbocycles. The van der Waals surface area contributed by atoms with E-state index in [1.165, 1.54) is 19.3 Å². The normalized spacial score (nSPS) is 22.0. The Balaban J connectivity index is 1.81. The summed E-state index contributed by atoms with van der Waals surface area (Å²) in [7, 11) is 0. The predicted molar refractivity (Wildman–Crippen MR) is 93.0 cm³/mol. The van der Waals surface area contributed by atoms with Gasteiger partial charge in [-0.05, 0) is 36.4 Å². The fourth-order valence-electron chi connectivity index (χ4n) is 3.50. The first kappa shape index (κ1) is 14.6. The highest BCUT2D eigenvalue weighted by Crippen LogP contribution is 2.34. The molecule has 2 aliphatic rings. The van der Waals surface area contributed by atoms with Gasteiger partial charge in [-0.15, -0.1) is 11.3 Å². The van der Waals surface area contributed by atoms with Crippen LogP contribution >= 0.6 is 11.3 Å². The number of thiophene rings is 1. The summed E-state index contributed by atoms with van der Waals surface area (Å²) in [6.45, 7) is 0. The Morgan fingerprint density at radius 2 is 2.00 bits per heavy atom. The van der Waals surface area contributed by atoms with E-state index in [1.807, 2.05) is 29.6 Å². The number of fused-ring (bicyclic) bond motifs is 1. The molecule has 1 atom stereocenters. The Bertz CT molecular complexity index is 732. The lowest BCUT2D eigenvalue weighted by Crippen LogP contribution is -2.20. The summed E-state index contributed by atoms with van der Waals surface area (Å²) >= 11 is 1.58. The van der Waals surface area contributed by atoms with E-state index in [0.29, 0.717) is 11.7 Å². The fraction of sp³-hybridized carbons (Fsp3) is 0.389. The second-order valence-corrected chi connectivity index (χ2v) is 7.14. The van der Waals surface area contributed by atoms with Crippen molar-refractivity contribution in [3.63, 3.8) is 0 Å². The summed E-state index contributed by atoms with van der Waals surface area (Å²) in [5.74, 6) is 1.00. The summed E-state index contributed by atoms with van der Waals surface area (Å²) in [6, 6.07) is 7.46. The number of carbonyl (C=O) groups is 1. The number of hydrogen-bond acceptors (Lipinski definition) is 4. The van der Waals surface area contributed by atoms with Gasteiger partial charge in [-0.1, -0.05) is 25.3 Å². The van der Waals surface area contributed by atoms with E-state index in [2.05, 4.69) is 10.3 Å². The molecule has 4 nitrogen and oxygen atoms in total. The molecule has 118 valence electrons. The summed E-state index contributed by atoms with van der Waals surface area (Å²) in [4.78, 5) is 23.0. The Labute approximate surface area is 139 Å². The summed E-state index contributed by atoms with van der Waals surface area (Å²) in [6.07, 6.45) is 7.81. The van der Waals surface area contributed by atoms with Gasteiger partial charge in [0.05, 0.1) is 5.71 Å². The van der Waals surface area contributed by atoms with Crippen LogP contribution in [0.15, 0.2) is 40.8 Å². The Morgan fingerprint density at radius 3 is 2.78 bits per heavy atom. The van der Waals surface area contributed by atoms with Crippen LogP contribution in [0.4, 0.5) is 5.82 Å². The molecule has 3 heterocycles. The fourth-order valence-corrected chi connectivity index (χ4v) is 4.26. The van der Waals surface area contributed by atoms with Crippen LogP contribution in [-0.2, 0) is 4.79 Å². The van der Waals surface area contributed by atoms with Crippen molar-refractivity contribution >= 4 is 28.8 Å². The molecule has 2 aromatic rings. The number of hydrogen-bond donors (Lipinski definition) is 1.